The normalized spacial score (nSPS) is 12.6. The third-order valence-electron chi connectivity index (χ3n) is 13.4. The van der Waals surface area contributed by atoms with Crippen molar-refractivity contribution < 1.29 is 28.6 Å². The van der Waals surface area contributed by atoms with E-state index in [0.29, 0.717) is 19.3 Å². The number of unbranched alkanes of at least 4 members (excludes halogenated alkanes) is 31. The summed E-state index contributed by atoms with van der Waals surface area (Å²) < 4.78 is 16.8. The highest BCUT2D eigenvalue weighted by atomic mass is 16.6. The molecule has 0 saturated carbocycles. The minimum Gasteiger partial charge on any atom is -0.462 e. The van der Waals surface area contributed by atoms with Crippen molar-refractivity contribution in [3.05, 3.63) is 85.1 Å². The Hall–Kier alpha value is -3.41. The van der Waals surface area contributed by atoms with Crippen LogP contribution in [0, 0.1) is 0 Å². The zero-order valence-corrected chi connectivity index (χ0v) is 48.1. The summed E-state index contributed by atoms with van der Waals surface area (Å²) in [4.78, 5) is 38.2. The largest absolute Gasteiger partial charge is 0.462 e. The van der Waals surface area contributed by atoms with E-state index in [1.165, 1.54) is 154 Å². The zero-order valence-electron chi connectivity index (χ0n) is 48.1. The van der Waals surface area contributed by atoms with Crippen LogP contribution in [0.4, 0.5) is 0 Å². The second-order valence-corrected chi connectivity index (χ2v) is 20.6. The molecule has 6 heteroatoms. The minimum atomic E-state index is -0.810. The average Bonchev–Trinajstić information content (AvgIpc) is 3.39. The number of hydrogen-bond acceptors (Lipinski definition) is 6. The quantitative estimate of drug-likeness (QED) is 0.0261. The molecule has 0 aromatic carbocycles. The Labute approximate surface area is 452 Å². The molecule has 0 aromatic heterocycles. The van der Waals surface area contributed by atoms with Crippen molar-refractivity contribution in [2.24, 2.45) is 0 Å². The molecule has 73 heavy (non-hydrogen) atoms. The third-order valence-corrected chi connectivity index (χ3v) is 13.4. The first-order chi connectivity index (χ1) is 36.0. The van der Waals surface area contributed by atoms with Gasteiger partial charge in [0.15, 0.2) is 6.10 Å². The van der Waals surface area contributed by atoms with E-state index < -0.39 is 6.10 Å². The van der Waals surface area contributed by atoms with Crippen molar-refractivity contribution in [2.75, 3.05) is 13.2 Å². The van der Waals surface area contributed by atoms with Gasteiger partial charge in [0.25, 0.3) is 0 Å². The molecular weight excluding hydrogens is 901 g/mol. The highest BCUT2D eigenvalue weighted by Gasteiger charge is 2.19. The topological polar surface area (TPSA) is 78.9 Å². The molecule has 0 heterocycles. The molecule has 0 rings (SSSR count). The molecule has 0 radical (unpaired) electrons. The van der Waals surface area contributed by atoms with Gasteiger partial charge >= 0.3 is 17.9 Å². The van der Waals surface area contributed by atoms with Crippen LogP contribution in [-0.4, -0.2) is 37.2 Å². The van der Waals surface area contributed by atoms with Crippen LogP contribution in [0.1, 0.15) is 303 Å². The van der Waals surface area contributed by atoms with Crippen LogP contribution in [0.5, 0.6) is 0 Å². The van der Waals surface area contributed by atoms with Crippen molar-refractivity contribution in [3.63, 3.8) is 0 Å². The van der Waals surface area contributed by atoms with Crippen LogP contribution in [0.3, 0.4) is 0 Å². The van der Waals surface area contributed by atoms with Gasteiger partial charge in [0.1, 0.15) is 13.2 Å². The van der Waals surface area contributed by atoms with Gasteiger partial charge in [0.2, 0.25) is 0 Å². The first kappa shape index (κ1) is 69.6. The summed E-state index contributed by atoms with van der Waals surface area (Å²) in [6.07, 6.45) is 80.4. The van der Waals surface area contributed by atoms with Crippen LogP contribution >= 0.6 is 0 Å². The van der Waals surface area contributed by atoms with Crippen molar-refractivity contribution >= 4 is 17.9 Å². The summed E-state index contributed by atoms with van der Waals surface area (Å²) in [5.74, 6) is -0.965. The fourth-order valence-corrected chi connectivity index (χ4v) is 8.80. The predicted molar refractivity (Wildman–Crippen MR) is 316 cm³/mol. The van der Waals surface area contributed by atoms with E-state index in [1.807, 2.05) is 0 Å². The lowest BCUT2D eigenvalue weighted by Crippen LogP contribution is -2.30. The fraction of sp³-hybridized carbons (Fsp3) is 0.746. The van der Waals surface area contributed by atoms with E-state index in [-0.39, 0.29) is 37.5 Å². The van der Waals surface area contributed by atoms with Gasteiger partial charge in [-0.3, -0.25) is 14.4 Å². The van der Waals surface area contributed by atoms with Crippen LogP contribution in [0.2, 0.25) is 0 Å². The Balaban J connectivity index is 4.26. The molecule has 0 aliphatic carbocycles. The predicted octanol–water partition coefficient (Wildman–Crippen LogP) is 21.1. The van der Waals surface area contributed by atoms with Gasteiger partial charge in [0.05, 0.1) is 0 Å². The Bertz CT molecular complexity index is 1400. The smallest absolute Gasteiger partial charge is 0.306 e. The number of rotatable bonds is 56. The summed E-state index contributed by atoms with van der Waals surface area (Å²) in [5, 5.41) is 0. The summed E-state index contributed by atoms with van der Waals surface area (Å²) in [7, 11) is 0. The molecule has 0 amide bonds. The van der Waals surface area contributed by atoms with Gasteiger partial charge in [-0.05, 0) is 89.9 Å². The van der Waals surface area contributed by atoms with Gasteiger partial charge in [-0.25, -0.2) is 0 Å². The maximum atomic E-state index is 12.8. The van der Waals surface area contributed by atoms with Gasteiger partial charge < -0.3 is 14.2 Å². The number of esters is 3. The molecule has 0 aromatic rings. The van der Waals surface area contributed by atoms with Gasteiger partial charge in [-0.1, -0.05) is 279 Å². The molecule has 0 fully saturated rings. The summed E-state index contributed by atoms with van der Waals surface area (Å²) in [6, 6.07) is 0. The van der Waals surface area contributed by atoms with Crippen molar-refractivity contribution in [1.82, 2.24) is 0 Å². The van der Waals surface area contributed by atoms with E-state index in [9.17, 15) is 14.4 Å². The molecule has 0 saturated heterocycles. The Morgan fingerprint density at radius 1 is 0.288 bits per heavy atom. The maximum absolute atomic E-state index is 12.8. The molecule has 0 N–H and O–H groups in total. The summed E-state index contributed by atoms with van der Waals surface area (Å²) in [6.45, 7) is 6.38. The molecule has 0 aliphatic rings. The van der Waals surface area contributed by atoms with E-state index in [2.05, 4.69) is 106 Å². The SMILES string of the molecule is CC/C=C\C/C=C\C/C=C\C/C=C\CCCCC(=O)OC(COC(=O)CCCCC/C=C\C/C=C\C/C=C\CC)COC(=O)CCCCCCCCCCCCCCCCCCCCCCCCCCCCC. The second kappa shape index (κ2) is 61.1. The number of carbonyl (C=O) groups excluding carboxylic acids is 3. The molecule has 1 unspecified atom stereocenters. The van der Waals surface area contributed by atoms with Crippen molar-refractivity contribution in [1.29, 1.82) is 0 Å². The van der Waals surface area contributed by atoms with E-state index in [4.69, 9.17) is 14.2 Å². The molecule has 1 atom stereocenters. The molecular formula is C67H116O6. The Morgan fingerprint density at radius 3 is 0.863 bits per heavy atom. The highest BCUT2D eigenvalue weighted by Crippen LogP contribution is 2.17. The monoisotopic (exact) mass is 1020 g/mol. The minimum absolute atomic E-state index is 0.101. The van der Waals surface area contributed by atoms with Crippen molar-refractivity contribution in [3.8, 4) is 0 Å². The van der Waals surface area contributed by atoms with E-state index >= 15 is 0 Å². The summed E-state index contributed by atoms with van der Waals surface area (Å²) in [5.41, 5.74) is 0. The number of ether oxygens (including phenoxy) is 3. The standard InChI is InChI=1S/C67H116O6/c1-4-7-10-13-16-19-22-25-27-28-29-30-31-32-33-34-35-36-37-38-40-42-45-48-51-54-57-60-66(69)72-63-64(62-71-65(68)59-56-53-50-47-44-41-24-21-18-15-12-9-6-3)73-67(70)61-58-55-52-49-46-43-39-26-23-20-17-14-11-8-5-2/h8-9,11-12,17-18,20-21,26,39,41,44,46,49,64H,4-7,10,13-16,19,22-25,27-38,40,42-43,45,47-48,50-63H2,1-3H3/b11-8-,12-9-,20-17-,21-18-,39-26-,44-41-,49-46-. The number of carbonyl (C=O) groups is 3. The maximum Gasteiger partial charge on any atom is 0.306 e. The van der Waals surface area contributed by atoms with Crippen LogP contribution < -0.4 is 0 Å². The van der Waals surface area contributed by atoms with Gasteiger partial charge in [-0.15, -0.1) is 0 Å². The summed E-state index contributed by atoms with van der Waals surface area (Å²) >= 11 is 0. The number of allylic oxidation sites excluding steroid dienone is 14. The fourth-order valence-electron chi connectivity index (χ4n) is 8.80. The van der Waals surface area contributed by atoms with Gasteiger partial charge in [-0.2, -0.15) is 0 Å². The van der Waals surface area contributed by atoms with E-state index in [0.717, 1.165) is 103 Å². The van der Waals surface area contributed by atoms with Gasteiger partial charge in [0, 0.05) is 19.3 Å². The lowest BCUT2D eigenvalue weighted by Gasteiger charge is -2.18. The molecule has 0 bridgehead atoms. The second-order valence-electron chi connectivity index (χ2n) is 20.6. The average molecular weight is 1020 g/mol. The third kappa shape index (κ3) is 59.3. The van der Waals surface area contributed by atoms with E-state index in [1.54, 1.807) is 0 Å². The molecule has 6 nitrogen and oxygen atoms in total. The molecule has 420 valence electrons. The molecule has 0 spiro atoms. The highest BCUT2D eigenvalue weighted by molar-refractivity contribution is 5.71. The lowest BCUT2D eigenvalue weighted by molar-refractivity contribution is -0.167. The zero-order chi connectivity index (χ0) is 52.9. The first-order valence-corrected chi connectivity index (χ1v) is 31.1. The van der Waals surface area contributed by atoms with Crippen LogP contribution in [0.15, 0.2) is 85.1 Å². The van der Waals surface area contributed by atoms with Crippen LogP contribution in [0.25, 0.3) is 0 Å². The molecule has 0 aliphatic heterocycles. The van der Waals surface area contributed by atoms with Crippen molar-refractivity contribution in [2.45, 2.75) is 309 Å². The lowest BCUT2D eigenvalue weighted by atomic mass is 10.0. The Morgan fingerprint density at radius 2 is 0.534 bits per heavy atom. The first-order valence-electron chi connectivity index (χ1n) is 31.1. The Kier molecular flexibility index (Phi) is 58.3. The van der Waals surface area contributed by atoms with Crippen LogP contribution in [-0.2, 0) is 28.6 Å². The number of hydrogen-bond donors (Lipinski definition) is 0.